The van der Waals surface area contributed by atoms with Gasteiger partial charge in [0.1, 0.15) is 11.5 Å². The van der Waals surface area contributed by atoms with Crippen LogP contribution >= 0.6 is 0 Å². The smallest absolute Gasteiger partial charge is 0.278 e. The predicted octanol–water partition coefficient (Wildman–Crippen LogP) is 2.65. The molecule has 0 unspecified atom stereocenters. The van der Waals surface area contributed by atoms with Crippen LogP contribution in [-0.4, -0.2) is 46.9 Å². The van der Waals surface area contributed by atoms with Gasteiger partial charge in [-0.25, -0.2) is 4.39 Å². The number of nitrogens with zero attached hydrogens (tertiary/aromatic N) is 2. The summed E-state index contributed by atoms with van der Waals surface area (Å²) >= 11 is 0. The SMILES string of the molecule is Cc1ccc(C2=C(N(C)CCO)C(=O)N(Cc3ccccc3F)C2=O)cc1C. The number of rotatable bonds is 6. The first kappa shape index (κ1) is 19.8. The van der Waals surface area contributed by atoms with Crippen LogP contribution in [0.1, 0.15) is 22.3 Å². The molecule has 1 heterocycles. The monoisotopic (exact) mass is 382 g/mol. The summed E-state index contributed by atoms with van der Waals surface area (Å²) in [5, 5.41) is 9.30. The lowest BCUT2D eigenvalue weighted by Crippen LogP contribution is -2.34. The summed E-state index contributed by atoms with van der Waals surface area (Å²) in [7, 11) is 1.66. The normalized spacial score (nSPS) is 14.2. The number of hydrogen-bond donors (Lipinski definition) is 1. The Hall–Kier alpha value is -2.99. The third kappa shape index (κ3) is 3.55. The lowest BCUT2D eigenvalue weighted by Gasteiger charge is -2.20. The molecule has 0 saturated heterocycles. The van der Waals surface area contributed by atoms with Gasteiger partial charge in [0.25, 0.3) is 11.8 Å². The first-order chi connectivity index (χ1) is 13.3. The number of aliphatic hydroxyl groups excluding tert-OH is 1. The Morgan fingerprint density at radius 2 is 1.75 bits per heavy atom. The highest BCUT2D eigenvalue weighted by Crippen LogP contribution is 2.33. The van der Waals surface area contributed by atoms with Gasteiger partial charge in [0.15, 0.2) is 0 Å². The van der Waals surface area contributed by atoms with Crippen LogP contribution in [-0.2, 0) is 16.1 Å². The van der Waals surface area contributed by atoms with E-state index >= 15 is 0 Å². The largest absolute Gasteiger partial charge is 0.395 e. The molecule has 28 heavy (non-hydrogen) atoms. The maximum atomic E-state index is 14.1. The number of aliphatic hydroxyl groups is 1. The summed E-state index contributed by atoms with van der Waals surface area (Å²) in [6.07, 6.45) is 0. The molecule has 6 heteroatoms. The second kappa shape index (κ2) is 7.94. The van der Waals surface area contributed by atoms with E-state index in [0.29, 0.717) is 5.56 Å². The molecule has 146 valence electrons. The Bertz CT molecular complexity index is 968. The highest BCUT2D eigenvalue weighted by molar-refractivity contribution is 6.35. The average molecular weight is 382 g/mol. The van der Waals surface area contributed by atoms with Crippen molar-refractivity contribution in [1.82, 2.24) is 9.80 Å². The molecule has 2 amide bonds. The second-order valence-corrected chi connectivity index (χ2v) is 6.96. The van der Waals surface area contributed by atoms with E-state index in [0.717, 1.165) is 16.0 Å². The van der Waals surface area contributed by atoms with E-state index in [4.69, 9.17) is 0 Å². The minimum Gasteiger partial charge on any atom is -0.395 e. The molecule has 5 nitrogen and oxygen atoms in total. The van der Waals surface area contributed by atoms with Crippen LogP contribution in [0.3, 0.4) is 0 Å². The molecule has 2 aromatic rings. The second-order valence-electron chi connectivity index (χ2n) is 6.96. The summed E-state index contributed by atoms with van der Waals surface area (Å²) in [5.74, 6) is -1.42. The van der Waals surface area contributed by atoms with Crippen molar-refractivity contribution in [3.63, 3.8) is 0 Å². The zero-order chi connectivity index (χ0) is 20.4. The molecule has 0 radical (unpaired) electrons. The van der Waals surface area contributed by atoms with Gasteiger partial charge < -0.3 is 10.0 Å². The molecule has 2 aromatic carbocycles. The molecule has 0 saturated carbocycles. The number of amides is 2. The minimum absolute atomic E-state index is 0.144. The Kier molecular flexibility index (Phi) is 5.61. The van der Waals surface area contributed by atoms with Crippen LogP contribution in [0.15, 0.2) is 48.2 Å². The molecule has 0 bridgehead atoms. The van der Waals surface area contributed by atoms with E-state index in [1.54, 1.807) is 30.1 Å². The zero-order valence-corrected chi connectivity index (χ0v) is 16.2. The first-order valence-electron chi connectivity index (χ1n) is 9.08. The van der Waals surface area contributed by atoms with Gasteiger partial charge in [0.05, 0.1) is 18.7 Å². The minimum atomic E-state index is -0.488. The summed E-state index contributed by atoms with van der Waals surface area (Å²) in [6, 6.07) is 11.7. The highest BCUT2D eigenvalue weighted by atomic mass is 19.1. The maximum absolute atomic E-state index is 14.1. The van der Waals surface area contributed by atoms with Crippen molar-refractivity contribution in [3.8, 4) is 0 Å². The summed E-state index contributed by atoms with van der Waals surface area (Å²) in [5.41, 5.74) is 3.49. The summed E-state index contributed by atoms with van der Waals surface area (Å²) in [4.78, 5) is 28.9. The van der Waals surface area contributed by atoms with Crippen LogP contribution in [0.25, 0.3) is 5.57 Å². The van der Waals surface area contributed by atoms with E-state index in [2.05, 4.69) is 0 Å². The fourth-order valence-corrected chi connectivity index (χ4v) is 3.28. The van der Waals surface area contributed by atoms with Gasteiger partial charge >= 0.3 is 0 Å². The molecular formula is C22H23FN2O3. The fourth-order valence-electron chi connectivity index (χ4n) is 3.28. The number of hydrogen-bond acceptors (Lipinski definition) is 4. The zero-order valence-electron chi connectivity index (χ0n) is 16.2. The molecule has 1 N–H and O–H groups in total. The van der Waals surface area contributed by atoms with Crippen molar-refractivity contribution in [2.75, 3.05) is 20.2 Å². The van der Waals surface area contributed by atoms with Crippen LogP contribution in [0, 0.1) is 19.7 Å². The molecule has 0 fully saturated rings. The van der Waals surface area contributed by atoms with E-state index in [-0.39, 0.29) is 36.5 Å². The van der Waals surface area contributed by atoms with Crippen molar-refractivity contribution in [1.29, 1.82) is 0 Å². The lowest BCUT2D eigenvalue weighted by molar-refractivity contribution is -0.138. The number of carbonyl (C=O) groups is 2. The fraction of sp³-hybridized carbons (Fsp3) is 0.273. The Morgan fingerprint density at radius 3 is 2.39 bits per heavy atom. The van der Waals surface area contributed by atoms with E-state index in [1.165, 1.54) is 6.07 Å². The Labute approximate surface area is 163 Å². The number of likely N-dealkylation sites (N-methyl/N-ethyl adjacent to an activating group) is 1. The predicted molar refractivity (Wildman–Crippen MR) is 105 cm³/mol. The number of halogens is 1. The molecule has 1 aliphatic heterocycles. The summed E-state index contributed by atoms with van der Waals surface area (Å²) < 4.78 is 14.1. The van der Waals surface area contributed by atoms with E-state index in [1.807, 2.05) is 32.0 Å². The van der Waals surface area contributed by atoms with Crippen molar-refractivity contribution in [2.45, 2.75) is 20.4 Å². The van der Waals surface area contributed by atoms with Gasteiger partial charge in [-0.15, -0.1) is 0 Å². The molecule has 0 aliphatic carbocycles. The van der Waals surface area contributed by atoms with Gasteiger partial charge in [-0.3, -0.25) is 14.5 Å². The van der Waals surface area contributed by atoms with Crippen LogP contribution in [0.2, 0.25) is 0 Å². The van der Waals surface area contributed by atoms with Crippen molar-refractivity contribution < 1.29 is 19.1 Å². The van der Waals surface area contributed by atoms with Crippen LogP contribution < -0.4 is 0 Å². The average Bonchev–Trinajstić information content (AvgIpc) is 2.90. The summed E-state index contributed by atoms with van der Waals surface area (Å²) in [6.45, 7) is 3.81. The highest BCUT2D eigenvalue weighted by Gasteiger charge is 2.41. The molecular weight excluding hydrogens is 359 g/mol. The first-order valence-corrected chi connectivity index (χ1v) is 9.08. The van der Waals surface area contributed by atoms with Crippen LogP contribution in [0.5, 0.6) is 0 Å². The lowest BCUT2D eigenvalue weighted by atomic mass is 9.99. The molecule has 0 aromatic heterocycles. The molecule has 1 aliphatic rings. The molecule has 0 atom stereocenters. The third-order valence-electron chi connectivity index (χ3n) is 5.04. The van der Waals surface area contributed by atoms with Gasteiger partial charge in [-0.2, -0.15) is 0 Å². The number of imide groups is 1. The van der Waals surface area contributed by atoms with Gasteiger partial charge in [-0.05, 0) is 36.6 Å². The third-order valence-corrected chi connectivity index (χ3v) is 5.04. The topological polar surface area (TPSA) is 60.9 Å². The standard InChI is InChI=1S/C22H23FN2O3/c1-14-8-9-16(12-15(14)2)19-20(24(3)10-11-26)22(28)25(21(19)27)13-17-6-4-5-7-18(17)23/h4-9,12,26H,10-11,13H2,1-3H3. The molecule has 3 rings (SSSR count). The number of carbonyl (C=O) groups excluding carboxylic acids is 2. The number of aryl methyl sites for hydroxylation is 2. The van der Waals surface area contributed by atoms with Crippen molar-refractivity contribution >= 4 is 17.4 Å². The van der Waals surface area contributed by atoms with Crippen LogP contribution in [0.4, 0.5) is 4.39 Å². The maximum Gasteiger partial charge on any atom is 0.278 e. The van der Waals surface area contributed by atoms with E-state index in [9.17, 15) is 19.1 Å². The van der Waals surface area contributed by atoms with Crippen molar-refractivity contribution in [3.05, 3.63) is 76.2 Å². The van der Waals surface area contributed by atoms with Gasteiger partial charge in [0.2, 0.25) is 0 Å². The van der Waals surface area contributed by atoms with Gasteiger partial charge in [0, 0.05) is 19.2 Å². The van der Waals surface area contributed by atoms with Crippen molar-refractivity contribution in [2.24, 2.45) is 0 Å². The number of benzene rings is 2. The van der Waals surface area contributed by atoms with E-state index < -0.39 is 17.6 Å². The van der Waals surface area contributed by atoms with Gasteiger partial charge in [-0.1, -0.05) is 36.4 Å². The molecule has 0 spiro atoms. The Morgan fingerprint density at radius 1 is 1.04 bits per heavy atom. The quantitative estimate of drug-likeness (QED) is 0.781. The Balaban J connectivity index is 2.06.